The first-order valence-electron chi connectivity index (χ1n) is 6.71. The van der Waals surface area contributed by atoms with E-state index in [-0.39, 0.29) is 11.4 Å². The molecule has 0 N–H and O–H groups in total. The van der Waals surface area contributed by atoms with Crippen LogP contribution in [0.5, 0.6) is 0 Å². The van der Waals surface area contributed by atoms with Gasteiger partial charge in [0.15, 0.2) is 0 Å². The van der Waals surface area contributed by atoms with Gasteiger partial charge in [-0.05, 0) is 38.8 Å². The Hall–Kier alpha value is -1.84. The lowest BCUT2D eigenvalue weighted by atomic mass is 10.1. The Kier molecular flexibility index (Phi) is 2.62. The molecule has 0 unspecified atom stereocenters. The van der Waals surface area contributed by atoms with Crippen molar-refractivity contribution < 1.29 is 9.53 Å². The van der Waals surface area contributed by atoms with Crippen molar-refractivity contribution in [3.8, 4) is 0 Å². The SMILES string of the molecule is CCOC(=O)c1cc(C)n2cc(C3(C)CC3)nc2c1. The molecule has 0 aliphatic heterocycles. The van der Waals surface area contributed by atoms with Crippen LogP contribution in [0.1, 0.15) is 48.4 Å². The van der Waals surface area contributed by atoms with Gasteiger partial charge < -0.3 is 9.14 Å². The molecule has 1 aliphatic carbocycles. The summed E-state index contributed by atoms with van der Waals surface area (Å²) in [7, 11) is 0. The van der Waals surface area contributed by atoms with Gasteiger partial charge in [-0.3, -0.25) is 0 Å². The number of aromatic nitrogens is 2. The van der Waals surface area contributed by atoms with Gasteiger partial charge in [0, 0.05) is 17.3 Å². The molecule has 0 amide bonds. The van der Waals surface area contributed by atoms with Crippen LogP contribution < -0.4 is 0 Å². The van der Waals surface area contributed by atoms with Crippen LogP contribution in [0.15, 0.2) is 18.3 Å². The van der Waals surface area contributed by atoms with Crippen LogP contribution in [-0.4, -0.2) is 22.0 Å². The quantitative estimate of drug-likeness (QED) is 0.795. The van der Waals surface area contributed by atoms with Gasteiger partial charge in [-0.2, -0.15) is 0 Å². The summed E-state index contributed by atoms with van der Waals surface area (Å²) in [6.07, 6.45) is 4.48. The van der Waals surface area contributed by atoms with Gasteiger partial charge in [-0.15, -0.1) is 0 Å². The second-order valence-electron chi connectivity index (χ2n) is 5.52. The lowest BCUT2D eigenvalue weighted by molar-refractivity contribution is 0.0526. The maximum atomic E-state index is 11.8. The first kappa shape index (κ1) is 12.2. The molecule has 1 fully saturated rings. The van der Waals surface area contributed by atoms with Gasteiger partial charge in [0.05, 0.1) is 17.9 Å². The number of ether oxygens (including phenoxy) is 1. The Balaban J connectivity index is 2.07. The Morgan fingerprint density at radius 2 is 2.21 bits per heavy atom. The van der Waals surface area contributed by atoms with Crippen molar-refractivity contribution in [1.29, 1.82) is 0 Å². The fraction of sp³-hybridized carbons (Fsp3) is 0.467. The summed E-state index contributed by atoms with van der Waals surface area (Å²) in [5.74, 6) is -0.282. The highest BCUT2D eigenvalue weighted by molar-refractivity contribution is 5.90. The van der Waals surface area contributed by atoms with Crippen LogP contribution in [0.2, 0.25) is 0 Å². The molecule has 4 nitrogen and oxygen atoms in total. The highest BCUT2D eigenvalue weighted by atomic mass is 16.5. The molecule has 19 heavy (non-hydrogen) atoms. The summed E-state index contributed by atoms with van der Waals surface area (Å²) >= 11 is 0. The minimum atomic E-state index is -0.282. The second-order valence-corrected chi connectivity index (χ2v) is 5.52. The summed E-state index contributed by atoms with van der Waals surface area (Å²) in [6, 6.07) is 3.66. The first-order valence-corrected chi connectivity index (χ1v) is 6.71. The molecule has 0 radical (unpaired) electrons. The molecule has 2 aromatic rings. The standard InChI is InChI=1S/C15H18N2O2/c1-4-19-14(18)11-7-10(2)17-9-12(15(3)5-6-15)16-13(17)8-11/h7-9H,4-6H2,1-3H3. The lowest BCUT2D eigenvalue weighted by Gasteiger charge is -2.04. The van der Waals surface area contributed by atoms with Crippen LogP contribution in [0, 0.1) is 6.92 Å². The molecule has 0 saturated heterocycles. The van der Waals surface area contributed by atoms with Crippen LogP contribution in [0.3, 0.4) is 0 Å². The third kappa shape index (κ3) is 2.01. The third-order valence-electron chi connectivity index (χ3n) is 3.89. The smallest absolute Gasteiger partial charge is 0.338 e. The summed E-state index contributed by atoms with van der Waals surface area (Å²) in [5, 5.41) is 0. The molecule has 2 heterocycles. The van der Waals surface area contributed by atoms with E-state index >= 15 is 0 Å². The molecule has 0 aromatic carbocycles. The highest BCUT2D eigenvalue weighted by Gasteiger charge is 2.41. The minimum Gasteiger partial charge on any atom is -0.462 e. The van der Waals surface area contributed by atoms with Crippen molar-refractivity contribution >= 4 is 11.6 Å². The number of imidazole rings is 1. The van der Waals surface area contributed by atoms with Crippen molar-refractivity contribution in [2.45, 2.75) is 39.0 Å². The number of rotatable bonds is 3. The average Bonchev–Trinajstić information content (AvgIpc) is 2.96. The van der Waals surface area contributed by atoms with Crippen molar-refractivity contribution in [2.24, 2.45) is 0 Å². The van der Waals surface area contributed by atoms with Gasteiger partial charge in [-0.1, -0.05) is 6.92 Å². The molecule has 1 aliphatic rings. The Morgan fingerprint density at radius 3 is 2.84 bits per heavy atom. The minimum absolute atomic E-state index is 0.239. The molecule has 2 aromatic heterocycles. The van der Waals surface area contributed by atoms with E-state index in [0.29, 0.717) is 12.2 Å². The topological polar surface area (TPSA) is 43.6 Å². The number of fused-ring (bicyclic) bond motifs is 1. The monoisotopic (exact) mass is 258 g/mol. The molecule has 4 heteroatoms. The molecule has 1 saturated carbocycles. The van der Waals surface area contributed by atoms with E-state index in [0.717, 1.165) is 17.0 Å². The summed E-state index contributed by atoms with van der Waals surface area (Å²) in [6.45, 7) is 6.42. The van der Waals surface area contributed by atoms with E-state index in [1.807, 2.05) is 24.3 Å². The Labute approximate surface area is 112 Å². The predicted octanol–water partition coefficient (Wildman–Crippen LogP) is 2.87. The maximum absolute atomic E-state index is 11.8. The zero-order valence-electron chi connectivity index (χ0n) is 11.6. The number of pyridine rings is 1. The van der Waals surface area contributed by atoms with Crippen molar-refractivity contribution in [1.82, 2.24) is 9.38 Å². The number of esters is 1. The van der Waals surface area contributed by atoms with Gasteiger partial charge in [0.25, 0.3) is 0 Å². The number of hydrogen-bond acceptors (Lipinski definition) is 3. The normalized spacial score (nSPS) is 16.6. The number of aryl methyl sites for hydroxylation is 1. The van der Waals surface area contributed by atoms with Gasteiger partial charge in [0.2, 0.25) is 0 Å². The van der Waals surface area contributed by atoms with E-state index in [2.05, 4.69) is 18.1 Å². The van der Waals surface area contributed by atoms with Gasteiger partial charge >= 0.3 is 5.97 Å². The number of hydrogen-bond donors (Lipinski definition) is 0. The molecule has 100 valence electrons. The van der Waals surface area contributed by atoms with Crippen molar-refractivity contribution in [2.75, 3.05) is 6.61 Å². The van der Waals surface area contributed by atoms with Crippen LogP contribution in [0.25, 0.3) is 5.65 Å². The highest BCUT2D eigenvalue weighted by Crippen LogP contribution is 2.47. The molecule has 0 spiro atoms. The zero-order chi connectivity index (χ0) is 13.6. The largest absolute Gasteiger partial charge is 0.462 e. The molecular formula is C15H18N2O2. The van der Waals surface area contributed by atoms with Gasteiger partial charge in [-0.25, -0.2) is 9.78 Å². The molecular weight excluding hydrogens is 240 g/mol. The van der Waals surface area contributed by atoms with Crippen LogP contribution >= 0.6 is 0 Å². The second kappa shape index (κ2) is 4.08. The van der Waals surface area contributed by atoms with Crippen molar-refractivity contribution in [3.63, 3.8) is 0 Å². The number of nitrogens with zero attached hydrogens (tertiary/aromatic N) is 2. The van der Waals surface area contributed by atoms with Crippen molar-refractivity contribution in [3.05, 3.63) is 35.3 Å². The average molecular weight is 258 g/mol. The zero-order valence-corrected chi connectivity index (χ0v) is 11.6. The lowest BCUT2D eigenvalue weighted by Crippen LogP contribution is -2.06. The number of carbonyl (C=O) groups excluding carboxylic acids is 1. The molecule has 3 rings (SSSR count). The first-order chi connectivity index (χ1) is 9.03. The molecule has 0 bridgehead atoms. The fourth-order valence-corrected chi connectivity index (χ4v) is 2.32. The summed E-state index contributed by atoms with van der Waals surface area (Å²) in [4.78, 5) is 16.5. The summed E-state index contributed by atoms with van der Waals surface area (Å²) in [5.41, 5.74) is 3.76. The Bertz CT molecular complexity index is 653. The van der Waals surface area contributed by atoms with E-state index in [1.165, 1.54) is 12.8 Å². The maximum Gasteiger partial charge on any atom is 0.338 e. The third-order valence-corrected chi connectivity index (χ3v) is 3.89. The number of carbonyl (C=O) groups is 1. The van der Waals surface area contributed by atoms with E-state index in [1.54, 1.807) is 6.07 Å². The summed E-state index contributed by atoms with van der Waals surface area (Å²) < 4.78 is 7.09. The predicted molar refractivity (Wildman–Crippen MR) is 72.5 cm³/mol. The molecule has 0 atom stereocenters. The van der Waals surface area contributed by atoms with Crippen LogP contribution in [-0.2, 0) is 10.2 Å². The van der Waals surface area contributed by atoms with Gasteiger partial charge in [0.1, 0.15) is 5.65 Å². The van der Waals surface area contributed by atoms with E-state index < -0.39 is 0 Å². The fourth-order valence-electron chi connectivity index (χ4n) is 2.32. The van der Waals surface area contributed by atoms with E-state index in [9.17, 15) is 4.79 Å². The Morgan fingerprint density at radius 1 is 1.47 bits per heavy atom. The van der Waals surface area contributed by atoms with Crippen LogP contribution in [0.4, 0.5) is 0 Å². The van der Waals surface area contributed by atoms with E-state index in [4.69, 9.17) is 4.74 Å².